The number of hydrogen-bond acceptors (Lipinski definition) is 6. The number of aliphatic hydroxyl groups excluding tert-OH is 1. The van der Waals surface area contributed by atoms with Crippen molar-refractivity contribution in [1.29, 1.82) is 0 Å². The summed E-state index contributed by atoms with van der Waals surface area (Å²) in [4.78, 5) is 55.4. The molecule has 0 radical (unpaired) electrons. The Morgan fingerprint density at radius 1 is 1.10 bits per heavy atom. The molecule has 2 aromatic rings. The normalized spacial score (nSPS) is 23.6. The van der Waals surface area contributed by atoms with Crippen LogP contribution in [0.2, 0.25) is 0 Å². The third-order valence-electron chi connectivity index (χ3n) is 8.21. The summed E-state index contributed by atoms with van der Waals surface area (Å²) >= 11 is 0. The highest BCUT2D eigenvalue weighted by atomic mass is 16.5. The van der Waals surface area contributed by atoms with Crippen LogP contribution in [0.1, 0.15) is 43.7 Å². The molecule has 2 heterocycles. The molecular weight excluding hydrogens is 528 g/mol. The predicted molar refractivity (Wildman–Crippen MR) is 150 cm³/mol. The Balaban J connectivity index is 1.68. The van der Waals surface area contributed by atoms with E-state index in [9.17, 15) is 29.4 Å². The molecule has 5 unspecified atom stereocenters. The first-order valence-corrected chi connectivity index (χ1v) is 13.9. The van der Waals surface area contributed by atoms with Gasteiger partial charge in [0.05, 0.1) is 13.2 Å². The van der Waals surface area contributed by atoms with E-state index in [2.05, 4.69) is 5.32 Å². The summed E-state index contributed by atoms with van der Waals surface area (Å²) in [6.45, 7) is 1.58. The number of likely N-dealkylation sites (tertiary alicyclic amines) is 2. The quantitative estimate of drug-likeness (QED) is 0.340. The molecule has 5 atom stereocenters. The van der Waals surface area contributed by atoms with Crippen LogP contribution >= 0.6 is 0 Å². The Morgan fingerprint density at radius 3 is 2.44 bits per heavy atom. The molecule has 220 valence electrons. The molecule has 0 bridgehead atoms. The molecule has 0 aliphatic carbocycles. The molecule has 0 aromatic heterocycles. The number of ether oxygens (including phenoxy) is 1. The Labute approximate surface area is 239 Å². The summed E-state index contributed by atoms with van der Waals surface area (Å²) in [5.41, 5.74) is 5.71. The van der Waals surface area contributed by atoms with Crippen molar-refractivity contribution in [3.63, 3.8) is 0 Å². The number of nitrogens with one attached hydrogen (secondary N) is 1. The van der Waals surface area contributed by atoms with E-state index in [0.29, 0.717) is 31.4 Å². The van der Waals surface area contributed by atoms with E-state index in [1.165, 1.54) is 23.8 Å². The molecule has 2 aliphatic heterocycles. The van der Waals surface area contributed by atoms with E-state index >= 15 is 0 Å². The molecule has 2 aliphatic rings. The van der Waals surface area contributed by atoms with Gasteiger partial charge in [-0.15, -0.1) is 0 Å². The summed E-state index contributed by atoms with van der Waals surface area (Å²) in [6.07, 6.45) is -0.271. The van der Waals surface area contributed by atoms with Crippen LogP contribution in [0.5, 0.6) is 5.75 Å². The Hall–Kier alpha value is -4.12. The minimum absolute atomic E-state index is 0.0975. The van der Waals surface area contributed by atoms with Gasteiger partial charge < -0.3 is 30.9 Å². The van der Waals surface area contributed by atoms with Crippen LogP contribution in [0, 0.1) is 0 Å². The molecule has 41 heavy (non-hydrogen) atoms. The fourth-order valence-corrected chi connectivity index (χ4v) is 6.21. The molecule has 2 aromatic carbocycles. The second-order valence-electron chi connectivity index (χ2n) is 10.9. The van der Waals surface area contributed by atoms with Gasteiger partial charge >= 0.3 is 6.09 Å². The number of methoxy groups -OCH3 is 1. The largest absolute Gasteiger partial charge is 0.497 e. The van der Waals surface area contributed by atoms with E-state index in [1.807, 2.05) is 36.4 Å². The van der Waals surface area contributed by atoms with Crippen molar-refractivity contribution in [2.75, 3.05) is 13.7 Å². The van der Waals surface area contributed by atoms with Crippen LogP contribution in [0.15, 0.2) is 54.6 Å². The second-order valence-corrected chi connectivity index (χ2v) is 10.9. The Bertz CT molecular complexity index is 1270. The monoisotopic (exact) mass is 566 g/mol. The zero-order valence-corrected chi connectivity index (χ0v) is 23.4. The van der Waals surface area contributed by atoms with Gasteiger partial charge in [0.25, 0.3) is 0 Å². The van der Waals surface area contributed by atoms with Gasteiger partial charge in [0.2, 0.25) is 17.7 Å². The lowest BCUT2D eigenvalue weighted by Gasteiger charge is -2.41. The van der Waals surface area contributed by atoms with E-state index in [0.717, 1.165) is 11.1 Å². The first-order chi connectivity index (χ1) is 19.6. The van der Waals surface area contributed by atoms with Gasteiger partial charge in [0.1, 0.15) is 23.4 Å². The summed E-state index contributed by atoms with van der Waals surface area (Å²) in [6, 6.07) is 13.9. The SMILES string of the molecule is COc1cccc(CC2(C(=O)NC(C(N)=O)C(C)O)CCCN2C(=O)C2CCC(Cc3ccccc3)N2C(=O)O)c1. The minimum atomic E-state index is -1.44. The fourth-order valence-electron chi connectivity index (χ4n) is 6.21. The van der Waals surface area contributed by atoms with Crippen molar-refractivity contribution >= 4 is 23.8 Å². The topological polar surface area (TPSA) is 162 Å². The fraction of sp³-hybridized carbons (Fsp3) is 0.467. The van der Waals surface area contributed by atoms with Crippen LogP contribution in [-0.2, 0) is 27.2 Å². The number of carbonyl (C=O) groups excluding carboxylic acids is 3. The number of nitrogens with two attached hydrogens (primary N) is 1. The maximum Gasteiger partial charge on any atom is 0.408 e. The number of rotatable bonds is 10. The minimum Gasteiger partial charge on any atom is -0.497 e. The number of nitrogens with zero attached hydrogens (tertiary/aromatic N) is 2. The maximum atomic E-state index is 14.2. The number of primary amides is 1. The summed E-state index contributed by atoms with van der Waals surface area (Å²) in [5, 5.41) is 22.9. The zero-order chi connectivity index (χ0) is 29.7. The van der Waals surface area contributed by atoms with Gasteiger partial charge in [-0.2, -0.15) is 0 Å². The second kappa shape index (κ2) is 12.6. The Morgan fingerprint density at radius 2 is 1.80 bits per heavy atom. The van der Waals surface area contributed by atoms with Crippen LogP contribution in [0.3, 0.4) is 0 Å². The van der Waals surface area contributed by atoms with Crippen LogP contribution in [-0.4, -0.2) is 87.3 Å². The smallest absolute Gasteiger partial charge is 0.408 e. The van der Waals surface area contributed by atoms with Crippen molar-refractivity contribution in [3.05, 3.63) is 65.7 Å². The molecule has 4 rings (SSSR count). The number of hydrogen-bond donors (Lipinski definition) is 4. The first kappa shape index (κ1) is 29.9. The molecule has 0 saturated carbocycles. The van der Waals surface area contributed by atoms with Gasteiger partial charge in [-0.1, -0.05) is 42.5 Å². The molecule has 4 amide bonds. The average molecular weight is 567 g/mol. The van der Waals surface area contributed by atoms with E-state index in [1.54, 1.807) is 18.2 Å². The zero-order valence-electron chi connectivity index (χ0n) is 23.4. The van der Waals surface area contributed by atoms with Crippen molar-refractivity contribution in [1.82, 2.24) is 15.1 Å². The third-order valence-corrected chi connectivity index (χ3v) is 8.21. The van der Waals surface area contributed by atoms with Gasteiger partial charge in [0.15, 0.2) is 0 Å². The highest BCUT2D eigenvalue weighted by Crippen LogP contribution is 2.37. The number of carbonyl (C=O) groups is 4. The summed E-state index contributed by atoms with van der Waals surface area (Å²) in [5.74, 6) is -1.41. The number of benzene rings is 2. The molecular formula is C30H38N4O7. The predicted octanol–water partition coefficient (Wildman–Crippen LogP) is 1.70. The van der Waals surface area contributed by atoms with Gasteiger partial charge in [0, 0.05) is 19.0 Å². The Kier molecular flexibility index (Phi) is 9.17. The molecule has 5 N–H and O–H groups in total. The van der Waals surface area contributed by atoms with Crippen LogP contribution < -0.4 is 15.8 Å². The number of aliphatic hydroxyl groups is 1. The molecule has 2 saturated heterocycles. The van der Waals surface area contributed by atoms with Crippen LogP contribution in [0.25, 0.3) is 0 Å². The number of carboxylic acid groups (broad SMARTS) is 1. The van der Waals surface area contributed by atoms with Crippen molar-refractivity contribution in [3.8, 4) is 5.75 Å². The summed E-state index contributed by atoms with van der Waals surface area (Å²) in [7, 11) is 1.53. The van der Waals surface area contributed by atoms with Crippen molar-refractivity contribution in [2.24, 2.45) is 5.73 Å². The first-order valence-electron chi connectivity index (χ1n) is 13.9. The van der Waals surface area contributed by atoms with E-state index < -0.39 is 47.5 Å². The van der Waals surface area contributed by atoms with Gasteiger partial charge in [-0.25, -0.2) is 4.79 Å². The van der Waals surface area contributed by atoms with Crippen LogP contribution in [0.4, 0.5) is 4.79 Å². The molecule has 0 spiro atoms. The van der Waals surface area contributed by atoms with Gasteiger partial charge in [-0.3, -0.25) is 19.3 Å². The summed E-state index contributed by atoms with van der Waals surface area (Å²) < 4.78 is 5.35. The molecule has 2 fully saturated rings. The lowest BCUT2D eigenvalue weighted by Crippen LogP contribution is -2.65. The van der Waals surface area contributed by atoms with E-state index in [4.69, 9.17) is 10.5 Å². The third kappa shape index (κ3) is 6.30. The maximum absolute atomic E-state index is 14.2. The standard InChI is InChI=1S/C30H38N4O7/c1-19(35)25(26(31)36)32-28(38)30(18-21-10-6-11-23(17-21)41-2)14-7-15-33(30)27(37)24-13-12-22(34(24)29(39)40)16-20-8-4-3-5-9-20/h3-6,8-11,17,19,22,24-25,35H,7,12-16,18H2,1-2H3,(H2,31,36)(H,32,38)(H,39,40). The van der Waals surface area contributed by atoms with E-state index in [-0.39, 0.29) is 25.4 Å². The van der Waals surface area contributed by atoms with Crippen molar-refractivity contribution in [2.45, 2.75) is 75.2 Å². The molecule has 11 nitrogen and oxygen atoms in total. The van der Waals surface area contributed by atoms with Gasteiger partial charge in [-0.05, 0) is 62.3 Å². The highest BCUT2D eigenvalue weighted by Gasteiger charge is 2.54. The highest BCUT2D eigenvalue weighted by molar-refractivity contribution is 5.97. The van der Waals surface area contributed by atoms with Crippen molar-refractivity contribution < 1.29 is 34.1 Å². The lowest BCUT2D eigenvalue weighted by atomic mass is 9.86. The lowest BCUT2D eigenvalue weighted by molar-refractivity contribution is -0.149. The average Bonchev–Trinajstić information content (AvgIpc) is 3.56. The molecule has 11 heteroatoms. The number of amides is 4.